The quantitative estimate of drug-likeness (QED) is 0.566. The molecule has 0 aromatic carbocycles. The first-order valence-electron chi connectivity index (χ1n) is 2.86. The van der Waals surface area contributed by atoms with E-state index in [0.29, 0.717) is 0 Å². The highest BCUT2D eigenvalue weighted by Crippen LogP contribution is 2.14. The molecule has 0 fully saturated rings. The molecule has 0 saturated heterocycles. The Kier molecular flexibility index (Phi) is 2.98. The Morgan fingerprint density at radius 1 is 1.67 bits per heavy atom. The maximum Gasteiger partial charge on any atom is 0.404 e. The number of hydrogen-bond acceptors (Lipinski definition) is 2. The minimum absolute atomic E-state index is 0.418. The molecule has 0 rings (SSSR count). The topological polar surface area (TPSA) is 26.3 Å². The molecule has 0 aliphatic carbocycles. The fourth-order valence-corrected chi connectivity index (χ4v) is 0.498. The average Bonchev–Trinajstić information content (AvgIpc) is 1.63. The third-order valence-corrected chi connectivity index (χ3v) is 1.29. The number of carbonyl (C=O) groups is 1. The van der Waals surface area contributed by atoms with Crippen molar-refractivity contribution in [3.05, 3.63) is 0 Å². The zero-order chi connectivity index (χ0) is 7.49. The van der Waals surface area contributed by atoms with E-state index in [1.54, 1.807) is 0 Å². The highest BCUT2D eigenvalue weighted by Gasteiger charge is 2.18. The molecule has 0 amide bonds. The van der Waals surface area contributed by atoms with Gasteiger partial charge in [-0.05, 0) is 20.3 Å². The van der Waals surface area contributed by atoms with Gasteiger partial charge in [0.1, 0.15) is 5.60 Å². The van der Waals surface area contributed by atoms with E-state index < -0.39 is 11.0 Å². The van der Waals surface area contributed by atoms with Crippen LogP contribution in [0.25, 0.3) is 0 Å². The molecule has 0 aromatic heterocycles. The fourth-order valence-electron chi connectivity index (χ4n) is 0.289. The molecule has 2 nitrogen and oxygen atoms in total. The molecule has 3 heteroatoms. The molecule has 9 heavy (non-hydrogen) atoms. The van der Waals surface area contributed by atoms with E-state index in [0.717, 1.165) is 6.42 Å². The summed E-state index contributed by atoms with van der Waals surface area (Å²) in [7, 11) is 0. The van der Waals surface area contributed by atoms with Crippen LogP contribution < -0.4 is 0 Å². The first-order chi connectivity index (χ1) is 3.98. The molecule has 0 aliphatic rings. The molecule has 0 radical (unpaired) electrons. The summed E-state index contributed by atoms with van der Waals surface area (Å²) in [6.07, 6.45) is 0.769. The lowest BCUT2D eigenvalue weighted by Gasteiger charge is -2.20. The summed E-state index contributed by atoms with van der Waals surface area (Å²) in [6, 6.07) is 0. The number of hydrogen-bond donors (Lipinski definition) is 0. The molecule has 0 atom stereocenters. The summed E-state index contributed by atoms with van der Waals surface area (Å²) < 4.78 is 4.71. The van der Waals surface area contributed by atoms with Crippen molar-refractivity contribution in [2.24, 2.45) is 0 Å². The number of rotatable bonds is 2. The van der Waals surface area contributed by atoms with Crippen LogP contribution in [0.15, 0.2) is 0 Å². The van der Waals surface area contributed by atoms with Gasteiger partial charge in [0.25, 0.3) is 0 Å². The number of halogens is 1. The van der Waals surface area contributed by atoms with Crippen molar-refractivity contribution < 1.29 is 9.53 Å². The lowest BCUT2D eigenvalue weighted by atomic mass is 10.1. The van der Waals surface area contributed by atoms with Crippen molar-refractivity contribution in [2.75, 3.05) is 0 Å². The highest BCUT2D eigenvalue weighted by molar-refractivity contribution is 6.61. The largest absolute Gasteiger partial charge is 0.448 e. The summed E-state index contributed by atoms with van der Waals surface area (Å²) >= 11 is 4.98. The molecule has 0 spiro atoms. The monoisotopic (exact) mass is 150 g/mol. The second kappa shape index (κ2) is 3.06. The van der Waals surface area contributed by atoms with E-state index in [9.17, 15) is 4.79 Å². The molecule has 0 unspecified atom stereocenters. The Labute approximate surface area is 60.1 Å². The van der Waals surface area contributed by atoms with Gasteiger partial charge in [-0.15, -0.1) is 0 Å². The van der Waals surface area contributed by atoms with Crippen LogP contribution in [0.1, 0.15) is 27.2 Å². The van der Waals surface area contributed by atoms with E-state index in [1.807, 2.05) is 20.8 Å². The van der Waals surface area contributed by atoms with Crippen molar-refractivity contribution in [3.63, 3.8) is 0 Å². The van der Waals surface area contributed by atoms with Crippen LogP contribution in [0.2, 0.25) is 0 Å². The SMILES string of the molecule is CCC(C)(C)OC(=O)Cl. The smallest absolute Gasteiger partial charge is 0.404 e. The van der Waals surface area contributed by atoms with Gasteiger partial charge in [0.05, 0.1) is 0 Å². The second-order valence-corrected chi connectivity index (χ2v) is 2.76. The van der Waals surface area contributed by atoms with Crippen molar-refractivity contribution in [3.8, 4) is 0 Å². The highest BCUT2D eigenvalue weighted by atomic mass is 35.5. The summed E-state index contributed by atoms with van der Waals surface area (Å²) in [6.45, 7) is 5.56. The van der Waals surface area contributed by atoms with Gasteiger partial charge >= 0.3 is 5.43 Å². The number of ether oxygens (including phenoxy) is 1. The Morgan fingerprint density at radius 2 is 2.11 bits per heavy atom. The van der Waals surface area contributed by atoms with Crippen molar-refractivity contribution in [1.29, 1.82) is 0 Å². The van der Waals surface area contributed by atoms with Crippen LogP contribution in [0, 0.1) is 0 Å². The lowest BCUT2D eigenvalue weighted by molar-refractivity contribution is 0.0544. The van der Waals surface area contributed by atoms with E-state index in [1.165, 1.54) is 0 Å². The molecular formula is C6H11ClO2. The zero-order valence-electron chi connectivity index (χ0n) is 5.90. The Bertz CT molecular complexity index is 110. The van der Waals surface area contributed by atoms with E-state index in [2.05, 4.69) is 0 Å². The Morgan fingerprint density at radius 3 is 2.22 bits per heavy atom. The first kappa shape index (κ1) is 8.76. The van der Waals surface area contributed by atoms with Gasteiger partial charge in [0, 0.05) is 11.6 Å². The molecule has 0 bridgehead atoms. The maximum absolute atomic E-state index is 10.2. The standard InChI is InChI=1S/C6H11ClO2/c1-4-6(2,3)9-5(7)8/h4H2,1-3H3. The molecule has 0 saturated carbocycles. The van der Waals surface area contributed by atoms with Crippen LogP contribution in [0.3, 0.4) is 0 Å². The zero-order valence-corrected chi connectivity index (χ0v) is 6.66. The molecule has 0 N–H and O–H groups in total. The van der Waals surface area contributed by atoms with Gasteiger partial charge < -0.3 is 4.74 Å². The Balaban J connectivity index is 3.71. The summed E-state index contributed by atoms with van der Waals surface area (Å²) in [4.78, 5) is 10.2. The van der Waals surface area contributed by atoms with E-state index >= 15 is 0 Å². The van der Waals surface area contributed by atoms with Gasteiger partial charge in [0.2, 0.25) is 0 Å². The van der Waals surface area contributed by atoms with Crippen molar-refractivity contribution in [1.82, 2.24) is 0 Å². The van der Waals surface area contributed by atoms with Crippen LogP contribution in [0.5, 0.6) is 0 Å². The molecule has 54 valence electrons. The van der Waals surface area contributed by atoms with Gasteiger partial charge in [-0.3, -0.25) is 0 Å². The minimum atomic E-state index is -0.734. The Hall–Kier alpha value is -0.240. The third kappa shape index (κ3) is 4.28. The predicted octanol–water partition coefficient (Wildman–Crippen LogP) is 2.55. The average molecular weight is 151 g/mol. The van der Waals surface area contributed by atoms with Crippen LogP contribution in [-0.2, 0) is 4.74 Å². The van der Waals surface area contributed by atoms with E-state index in [4.69, 9.17) is 16.3 Å². The lowest BCUT2D eigenvalue weighted by Crippen LogP contribution is -2.23. The molecule has 0 aromatic rings. The normalized spacial score (nSPS) is 11.1. The van der Waals surface area contributed by atoms with Gasteiger partial charge in [0.15, 0.2) is 0 Å². The maximum atomic E-state index is 10.2. The number of carbonyl (C=O) groups excluding carboxylic acids is 1. The van der Waals surface area contributed by atoms with Crippen molar-refractivity contribution >= 4 is 17.0 Å². The predicted molar refractivity (Wildman–Crippen MR) is 36.7 cm³/mol. The first-order valence-corrected chi connectivity index (χ1v) is 3.24. The van der Waals surface area contributed by atoms with Gasteiger partial charge in [-0.25, -0.2) is 4.79 Å². The molecule has 0 aliphatic heterocycles. The van der Waals surface area contributed by atoms with Crippen LogP contribution in [-0.4, -0.2) is 11.0 Å². The minimum Gasteiger partial charge on any atom is -0.448 e. The summed E-state index contributed by atoms with van der Waals surface area (Å²) in [5.41, 5.74) is -1.15. The molecular weight excluding hydrogens is 140 g/mol. The summed E-state index contributed by atoms with van der Waals surface area (Å²) in [5, 5.41) is 0. The van der Waals surface area contributed by atoms with Gasteiger partial charge in [-0.1, -0.05) is 6.92 Å². The van der Waals surface area contributed by atoms with Crippen molar-refractivity contribution in [2.45, 2.75) is 32.8 Å². The van der Waals surface area contributed by atoms with Gasteiger partial charge in [-0.2, -0.15) is 0 Å². The van der Waals surface area contributed by atoms with E-state index in [-0.39, 0.29) is 0 Å². The summed E-state index contributed by atoms with van der Waals surface area (Å²) in [5.74, 6) is 0. The third-order valence-electron chi connectivity index (χ3n) is 1.21. The second-order valence-electron chi connectivity index (χ2n) is 2.45. The van der Waals surface area contributed by atoms with Crippen LogP contribution >= 0.6 is 11.6 Å². The molecule has 0 heterocycles. The fraction of sp³-hybridized carbons (Fsp3) is 0.833. The van der Waals surface area contributed by atoms with Crippen LogP contribution in [0.4, 0.5) is 4.79 Å².